The van der Waals surface area contributed by atoms with E-state index in [0.717, 1.165) is 26.8 Å². The molecule has 7 nitrogen and oxygen atoms in total. The molecule has 0 saturated heterocycles. The number of methoxy groups -OCH3 is 1. The molecule has 0 fully saturated rings. The van der Waals surface area contributed by atoms with Crippen molar-refractivity contribution in [3.63, 3.8) is 0 Å². The van der Waals surface area contributed by atoms with E-state index in [1.165, 1.54) is 11.3 Å². The third-order valence-electron chi connectivity index (χ3n) is 3.93. The van der Waals surface area contributed by atoms with Gasteiger partial charge in [-0.3, -0.25) is 10.2 Å². The molecular formula is C22H23N3O4S. The molecule has 0 bridgehead atoms. The number of hydrazine groups is 1. The molecular weight excluding hydrogens is 402 g/mol. The van der Waals surface area contributed by atoms with Crippen LogP contribution < -0.4 is 15.6 Å². The molecule has 3 aromatic rings. The van der Waals surface area contributed by atoms with Gasteiger partial charge >= 0.3 is 6.09 Å². The number of hydrogen-bond acceptors (Lipinski definition) is 6. The number of thiazole rings is 1. The number of benzene rings is 2. The minimum absolute atomic E-state index is 0.393. The maximum Gasteiger partial charge on any atom is 0.426 e. The first-order valence-electron chi connectivity index (χ1n) is 9.25. The zero-order valence-corrected chi connectivity index (χ0v) is 18.0. The quantitative estimate of drug-likeness (QED) is 0.594. The van der Waals surface area contributed by atoms with Gasteiger partial charge in [0.05, 0.1) is 12.0 Å². The van der Waals surface area contributed by atoms with Crippen molar-refractivity contribution in [1.82, 2.24) is 15.8 Å². The normalized spacial score (nSPS) is 10.9. The van der Waals surface area contributed by atoms with Crippen molar-refractivity contribution >= 4 is 23.3 Å². The van der Waals surface area contributed by atoms with Gasteiger partial charge in [0.2, 0.25) is 0 Å². The standard InChI is InChI=1S/C22H23N3O4S/c1-22(2,3)29-21(27)25-24-19(26)15-6-5-7-16(12-15)20-23-13-18(30-20)14-8-10-17(28-4)11-9-14/h5-13H,1-4H3,(H,24,26)(H,25,27). The molecule has 2 amide bonds. The largest absolute Gasteiger partial charge is 0.497 e. The van der Waals surface area contributed by atoms with Crippen LogP contribution in [0.25, 0.3) is 21.0 Å². The minimum Gasteiger partial charge on any atom is -0.497 e. The maximum atomic E-state index is 12.4. The molecule has 1 heterocycles. The van der Waals surface area contributed by atoms with Gasteiger partial charge in [0.25, 0.3) is 5.91 Å². The molecule has 30 heavy (non-hydrogen) atoms. The Labute approximate surface area is 179 Å². The van der Waals surface area contributed by atoms with Gasteiger partial charge in [-0.1, -0.05) is 12.1 Å². The lowest BCUT2D eigenvalue weighted by Crippen LogP contribution is -2.44. The molecule has 0 saturated carbocycles. The van der Waals surface area contributed by atoms with Gasteiger partial charge in [-0.25, -0.2) is 15.2 Å². The van der Waals surface area contributed by atoms with E-state index in [4.69, 9.17) is 9.47 Å². The van der Waals surface area contributed by atoms with Crippen molar-refractivity contribution in [2.24, 2.45) is 0 Å². The van der Waals surface area contributed by atoms with E-state index in [0.29, 0.717) is 5.56 Å². The molecule has 8 heteroatoms. The van der Waals surface area contributed by atoms with Crippen LogP contribution in [0.3, 0.4) is 0 Å². The molecule has 0 aliphatic rings. The summed E-state index contributed by atoms with van der Waals surface area (Å²) >= 11 is 1.52. The summed E-state index contributed by atoms with van der Waals surface area (Å²) in [5.74, 6) is 0.344. The Balaban J connectivity index is 1.70. The summed E-state index contributed by atoms with van der Waals surface area (Å²) in [6, 6.07) is 14.8. The lowest BCUT2D eigenvalue weighted by atomic mass is 10.1. The number of ether oxygens (including phenoxy) is 2. The Kier molecular flexibility index (Phi) is 6.37. The molecule has 0 atom stereocenters. The van der Waals surface area contributed by atoms with Crippen LogP contribution in [0.2, 0.25) is 0 Å². The van der Waals surface area contributed by atoms with Crippen molar-refractivity contribution in [1.29, 1.82) is 0 Å². The van der Waals surface area contributed by atoms with Gasteiger partial charge in [0, 0.05) is 17.3 Å². The first-order chi connectivity index (χ1) is 14.2. The molecule has 0 aliphatic carbocycles. The van der Waals surface area contributed by atoms with Crippen molar-refractivity contribution in [3.05, 3.63) is 60.3 Å². The van der Waals surface area contributed by atoms with Crippen LogP contribution in [0, 0.1) is 0 Å². The highest BCUT2D eigenvalue weighted by molar-refractivity contribution is 7.18. The van der Waals surface area contributed by atoms with Crippen molar-refractivity contribution < 1.29 is 19.1 Å². The fourth-order valence-corrected chi connectivity index (χ4v) is 3.49. The van der Waals surface area contributed by atoms with Crippen molar-refractivity contribution in [2.75, 3.05) is 7.11 Å². The summed E-state index contributed by atoms with van der Waals surface area (Å²) in [6.07, 6.45) is 1.08. The molecule has 0 unspecified atom stereocenters. The first kappa shape index (κ1) is 21.3. The van der Waals surface area contributed by atoms with E-state index in [1.807, 2.05) is 30.3 Å². The van der Waals surface area contributed by atoms with Crippen molar-refractivity contribution in [2.45, 2.75) is 26.4 Å². The third kappa shape index (κ3) is 5.57. The van der Waals surface area contributed by atoms with Gasteiger partial charge in [0.15, 0.2) is 0 Å². The van der Waals surface area contributed by atoms with E-state index in [9.17, 15) is 9.59 Å². The van der Waals surface area contributed by atoms with E-state index in [-0.39, 0.29) is 0 Å². The van der Waals surface area contributed by atoms with Crippen molar-refractivity contribution in [3.8, 4) is 26.8 Å². The predicted molar refractivity (Wildman–Crippen MR) is 116 cm³/mol. The van der Waals surface area contributed by atoms with Gasteiger partial charge in [-0.2, -0.15) is 0 Å². The first-order valence-corrected chi connectivity index (χ1v) is 10.1. The van der Waals surface area contributed by atoms with E-state index in [1.54, 1.807) is 52.3 Å². The minimum atomic E-state index is -0.726. The molecule has 0 spiro atoms. The van der Waals surface area contributed by atoms with E-state index < -0.39 is 17.6 Å². The highest BCUT2D eigenvalue weighted by atomic mass is 32.1. The van der Waals surface area contributed by atoms with Crippen LogP contribution in [0.15, 0.2) is 54.7 Å². The molecule has 2 N–H and O–H groups in total. The number of nitrogens with one attached hydrogen (secondary N) is 2. The molecule has 0 radical (unpaired) electrons. The number of amides is 2. The molecule has 2 aromatic carbocycles. The van der Waals surface area contributed by atoms with Crippen LogP contribution in [0.1, 0.15) is 31.1 Å². The zero-order valence-electron chi connectivity index (χ0n) is 17.2. The number of aromatic nitrogens is 1. The molecule has 156 valence electrons. The average molecular weight is 426 g/mol. The summed E-state index contributed by atoms with van der Waals surface area (Å²) in [4.78, 5) is 29.6. The van der Waals surface area contributed by atoms with Gasteiger partial charge in [0.1, 0.15) is 16.4 Å². The summed E-state index contributed by atoms with van der Waals surface area (Å²) in [5.41, 5.74) is 6.19. The lowest BCUT2D eigenvalue weighted by molar-refractivity contribution is 0.0483. The second kappa shape index (κ2) is 8.96. The molecule has 0 aliphatic heterocycles. The Hall–Kier alpha value is -3.39. The highest BCUT2D eigenvalue weighted by Gasteiger charge is 2.17. The Morgan fingerprint density at radius 3 is 2.40 bits per heavy atom. The van der Waals surface area contributed by atoms with Crippen LogP contribution in [-0.2, 0) is 4.74 Å². The third-order valence-corrected chi connectivity index (χ3v) is 5.02. The zero-order chi connectivity index (χ0) is 21.7. The fourth-order valence-electron chi connectivity index (χ4n) is 2.57. The topological polar surface area (TPSA) is 89.5 Å². The lowest BCUT2D eigenvalue weighted by Gasteiger charge is -2.19. The Morgan fingerprint density at radius 1 is 1.00 bits per heavy atom. The van der Waals surface area contributed by atoms with Crippen LogP contribution in [-0.4, -0.2) is 29.7 Å². The monoisotopic (exact) mass is 425 g/mol. The van der Waals surface area contributed by atoms with Gasteiger partial charge in [-0.15, -0.1) is 11.3 Å². The molecule has 3 rings (SSSR count). The summed E-state index contributed by atoms with van der Waals surface area (Å²) in [7, 11) is 1.63. The van der Waals surface area contributed by atoms with Crippen LogP contribution in [0.4, 0.5) is 4.79 Å². The Morgan fingerprint density at radius 2 is 1.73 bits per heavy atom. The Bertz CT molecular complexity index is 1040. The number of carbonyl (C=O) groups excluding carboxylic acids is 2. The predicted octanol–water partition coefficient (Wildman–Crippen LogP) is 4.66. The van der Waals surface area contributed by atoms with Gasteiger partial charge < -0.3 is 9.47 Å². The van der Waals surface area contributed by atoms with Crippen LogP contribution in [0.5, 0.6) is 5.75 Å². The number of carbonyl (C=O) groups is 2. The SMILES string of the molecule is COc1ccc(-c2cnc(-c3cccc(C(=O)NNC(=O)OC(C)(C)C)c3)s2)cc1. The second-order valence-corrected chi connectivity index (χ2v) is 8.45. The average Bonchev–Trinajstić information content (AvgIpc) is 3.21. The summed E-state index contributed by atoms with van der Waals surface area (Å²) in [6.45, 7) is 5.23. The summed E-state index contributed by atoms with van der Waals surface area (Å²) in [5, 5.41) is 0.788. The number of rotatable bonds is 4. The van der Waals surface area contributed by atoms with Crippen LogP contribution >= 0.6 is 11.3 Å². The number of hydrogen-bond donors (Lipinski definition) is 2. The highest BCUT2D eigenvalue weighted by Crippen LogP contribution is 2.33. The second-order valence-electron chi connectivity index (χ2n) is 7.42. The van der Waals surface area contributed by atoms with E-state index in [2.05, 4.69) is 15.8 Å². The van der Waals surface area contributed by atoms with E-state index >= 15 is 0 Å². The maximum absolute atomic E-state index is 12.4. The smallest absolute Gasteiger partial charge is 0.426 e. The number of nitrogens with zero attached hydrogens (tertiary/aromatic N) is 1. The summed E-state index contributed by atoms with van der Waals surface area (Å²) < 4.78 is 10.3. The fraction of sp³-hybridized carbons (Fsp3) is 0.227. The van der Waals surface area contributed by atoms with Gasteiger partial charge in [-0.05, 0) is 62.7 Å². The molecule has 1 aromatic heterocycles.